The van der Waals surface area contributed by atoms with Crippen LogP contribution in [0.5, 0.6) is 0 Å². The highest BCUT2D eigenvalue weighted by Crippen LogP contribution is 2.42. The van der Waals surface area contributed by atoms with Crippen molar-refractivity contribution < 1.29 is 31.1 Å². The molecular weight excluding hydrogens is 312 g/mol. The Kier molecular flexibility index (Phi) is 5.61. The maximum atomic E-state index is 12.8. The number of hydrogen-bond donors (Lipinski definition) is 1. The summed E-state index contributed by atoms with van der Waals surface area (Å²) < 4.78 is 76.6. The van der Waals surface area contributed by atoms with E-state index in [-0.39, 0.29) is 0 Å². The fourth-order valence-electron chi connectivity index (χ4n) is 2.12. The normalized spacial score (nSPS) is 15.7. The van der Waals surface area contributed by atoms with Gasteiger partial charge in [-0.05, 0) is 19.4 Å². The average Bonchev–Trinajstić information content (AvgIpc) is 2.35. The molecule has 0 heterocycles. The molecular formula is C14H15F6NO. The van der Waals surface area contributed by atoms with Crippen molar-refractivity contribution in [2.45, 2.75) is 38.3 Å². The summed E-state index contributed by atoms with van der Waals surface area (Å²) in [7, 11) is 0. The third-order valence-electron chi connectivity index (χ3n) is 3.21. The minimum absolute atomic E-state index is 0.483. The number of hydrogen-bond acceptors (Lipinski definition) is 2. The van der Waals surface area contributed by atoms with Crippen molar-refractivity contribution >= 4 is 5.78 Å². The van der Waals surface area contributed by atoms with E-state index in [1.807, 2.05) is 0 Å². The fourth-order valence-corrected chi connectivity index (χ4v) is 2.12. The Hall–Kier alpha value is -1.57. The highest BCUT2D eigenvalue weighted by Gasteiger charge is 2.61. The monoisotopic (exact) mass is 327 g/mol. The molecule has 124 valence electrons. The quantitative estimate of drug-likeness (QED) is 0.827. The predicted octanol–water partition coefficient (Wildman–Crippen LogP) is 4.04. The van der Waals surface area contributed by atoms with E-state index in [2.05, 4.69) is 5.32 Å². The number of carbonyl (C=O) groups excluding carboxylic acids is 1. The van der Waals surface area contributed by atoms with Crippen LogP contribution in [0.4, 0.5) is 26.3 Å². The maximum absolute atomic E-state index is 12.8. The molecule has 0 radical (unpaired) electrons. The van der Waals surface area contributed by atoms with E-state index >= 15 is 0 Å². The molecule has 1 rings (SSSR count). The Labute approximate surface area is 123 Å². The lowest BCUT2D eigenvalue weighted by Crippen LogP contribution is -2.54. The molecule has 0 aliphatic rings. The van der Waals surface area contributed by atoms with E-state index in [0.717, 1.165) is 0 Å². The molecule has 2 atom stereocenters. The van der Waals surface area contributed by atoms with E-state index in [1.54, 1.807) is 30.3 Å². The Bertz CT molecular complexity index is 482. The van der Waals surface area contributed by atoms with Crippen LogP contribution in [-0.4, -0.2) is 24.2 Å². The van der Waals surface area contributed by atoms with Gasteiger partial charge in [-0.3, -0.25) is 4.79 Å². The SMILES string of the molecule is CC(=O)[C@@H](N[C@H](C)c1ccccc1)C(C(F)(F)F)C(F)(F)F. The first-order valence-corrected chi connectivity index (χ1v) is 6.39. The molecule has 0 fully saturated rings. The van der Waals surface area contributed by atoms with Crippen molar-refractivity contribution in [3.63, 3.8) is 0 Å². The molecule has 8 heteroatoms. The van der Waals surface area contributed by atoms with E-state index in [9.17, 15) is 31.1 Å². The van der Waals surface area contributed by atoms with Crippen molar-refractivity contribution in [1.82, 2.24) is 5.32 Å². The summed E-state index contributed by atoms with van der Waals surface area (Å²) in [5, 5.41) is 2.16. The topological polar surface area (TPSA) is 29.1 Å². The molecule has 1 aromatic rings. The summed E-state index contributed by atoms with van der Waals surface area (Å²) in [5.74, 6) is -4.97. The van der Waals surface area contributed by atoms with Crippen molar-refractivity contribution in [3.05, 3.63) is 35.9 Å². The first-order chi connectivity index (χ1) is 9.94. The van der Waals surface area contributed by atoms with Crippen LogP contribution in [0.25, 0.3) is 0 Å². The van der Waals surface area contributed by atoms with Gasteiger partial charge in [-0.1, -0.05) is 30.3 Å². The molecule has 1 N–H and O–H groups in total. The Morgan fingerprint density at radius 2 is 1.45 bits per heavy atom. The second-order valence-electron chi connectivity index (χ2n) is 4.95. The van der Waals surface area contributed by atoms with Gasteiger partial charge in [-0.15, -0.1) is 0 Å². The van der Waals surface area contributed by atoms with E-state index in [1.165, 1.54) is 6.92 Å². The molecule has 0 aromatic heterocycles. The summed E-state index contributed by atoms with van der Waals surface area (Å²) in [6, 6.07) is 4.71. The lowest BCUT2D eigenvalue weighted by atomic mass is 9.93. The number of Topliss-reactive ketones (excluding diaryl/α,β-unsaturated/α-hetero) is 1. The van der Waals surface area contributed by atoms with Crippen LogP contribution in [0.15, 0.2) is 30.3 Å². The van der Waals surface area contributed by atoms with Crippen LogP contribution in [0.1, 0.15) is 25.5 Å². The second kappa shape index (κ2) is 6.68. The molecule has 0 aliphatic carbocycles. The Morgan fingerprint density at radius 1 is 1.00 bits per heavy atom. The van der Waals surface area contributed by atoms with Gasteiger partial charge >= 0.3 is 12.4 Å². The number of halogens is 6. The van der Waals surface area contributed by atoms with Gasteiger partial charge in [-0.25, -0.2) is 0 Å². The van der Waals surface area contributed by atoms with E-state index < -0.39 is 36.1 Å². The summed E-state index contributed by atoms with van der Waals surface area (Å²) in [6.45, 7) is 2.11. The van der Waals surface area contributed by atoms with E-state index in [4.69, 9.17) is 0 Å². The molecule has 0 unspecified atom stereocenters. The molecule has 0 aliphatic heterocycles. The summed E-state index contributed by atoms with van der Waals surface area (Å²) >= 11 is 0. The number of nitrogens with one attached hydrogen (secondary N) is 1. The molecule has 1 aromatic carbocycles. The van der Waals surface area contributed by atoms with Crippen LogP contribution >= 0.6 is 0 Å². The van der Waals surface area contributed by atoms with Gasteiger partial charge < -0.3 is 5.32 Å². The second-order valence-corrected chi connectivity index (χ2v) is 4.95. The molecule has 0 spiro atoms. The van der Waals surface area contributed by atoms with E-state index in [0.29, 0.717) is 12.5 Å². The number of alkyl halides is 6. The number of carbonyl (C=O) groups is 1. The number of benzene rings is 1. The smallest absolute Gasteiger partial charge is 0.300 e. The summed E-state index contributed by atoms with van der Waals surface area (Å²) in [6.07, 6.45) is -11.1. The third kappa shape index (κ3) is 4.72. The van der Waals surface area contributed by atoms with Crippen LogP contribution in [0.2, 0.25) is 0 Å². The third-order valence-corrected chi connectivity index (χ3v) is 3.21. The molecule has 0 saturated heterocycles. The van der Waals surface area contributed by atoms with Crippen LogP contribution in [-0.2, 0) is 4.79 Å². The lowest BCUT2D eigenvalue weighted by Gasteiger charge is -2.31. The molecule has 22 heavy (non-hydrogen) atoms. The van der Waals surface area contributed by atoms with Crippen molar-refractivity contribution in [3.8, 4) is 0 Å². The Morgan fingerprint density at radius 3 is 1.82 bits per heavy atom. The van der Waals surface area contributed by atoms with Crippen LogP contribution < -0.4 is 5.32 Å². The van der Waals surface area contributed by atoms with Crippen molar-refractivity contribution in [2.24, 2.45) is 5.92 Å². The van der Waals surface area contributed by atoms with Gasteiger partial charge in [0.15, 0.2) is 5.92 Å². The highest BCUT2D eigenvalue weighted by molar-refractivity contribution is 5.82. The molecule has 2 nitrogen and oxygen atoms in total. The average molecular weight is 327 g/mol. The fraction of sp³-hybridized carbons (Fsp3) is 0.500. The van der Waals surface area contributed by atoms with Gasteiger partial charge in [0.2, 0.25) is 0 Å². The lowest BCUT2D eigenvalue weighted by molar-refractivity contribution is -0.289. The van der Waals surface area contributed by atoms with Crippen LogP contribution in [0, 0.1) is 5.92 Å². The van der Waals surface area contributed by atoms with Crippen LogP contribution in [0.3, 0.4) is 0 Å². The first kappa shape index (κ1) is 18.5. The highest BCUT2D eigenvalue weighted by atomic mass is 19.4. The van der Waals surface area contributed by atoms with Gasteiger partial charge in [-0.2, -0.15) is 26.3 Å². The van der Waals surface area contributed by atoms with Crippen molar-refractivity contribution in [1.29, 1.82) is 0 Å². The minimum Gasteiger partial charge on any atom is -0.300 e. The molecule has 0 saturated carbocycles. The zero-order chi connectivity index (χ0) is 17.1. The minimum atomic E-state index is -5.57. The predicted molar refractivity (Wildman–Crippen MR) is 68.1 cm³/mol. The zero-order valence-electron chi connectivity index (χ0n) is 11.8. The molecule has 0 bridgehead atoms. The number of rotatable bonds is 5. The standard InChI is InChI=1S/C14H15F6NO/c1-8(10-6-4-3-5-7-10)21-11(9(2)22)12(13(15,16)17)14(18,19)20/h3-8,11-12,21H,1-2H3/t8-,11-/m1/s1. The van der Waals surface area contributed by atoms with Crippen molar-refractivity contribution in [2.75, 3.05) is 0 Å². The maximum Gasteiger partial charge on any atom is 0.402 e. The van der Waals surface area contributed by atoms with Gasteiger partial charge in [0.1, 0.15) is 5.78 Å². The first-order valence-electron chi connectivity index (χ1n) is 6.39. The zero-order valence-corrected chi connectivity index (χ0v) is 11.8. The van der Waals surface area contributed by atoms with Gasteiger partial charge in [0.25, 0.3) is 0 Å². The summed E-state index contributed by atoms with van der Waals surface area (Å²) in [4.78, 5) is 11.4. The van der Waals surface area contributed by atoms with Gasteiger partial charge in [0, 0.05) is 6.04 Å². The Balaban J connectivity index is 3.09. The largest absolute Gasteiger partial charge is 0.402 e. The summed E-state index contributed by atoms with van der Waals surface area (Å²) in [5.41, 5.74) is 0.483. The number of ketones is 1. The molecule has 0 amide bonds. The van der Waals surface area contributed by atoms with Gasteiger partial charge in [0.05, 0.1) is 6.04 Å².